The number of hydrogen-bond donors (Lipinski definition) is 2. The number of aromatic nitrogens is 1. The fraction of sp³-hybridized carbons (Fsp3) is 0.571. The lowest BCUT2D eigenvalue weighted by Gasteiger charge is -2.36. The molecule has 6 nitrogen and oxygen atoms in total. The van der Waals surface area contributed by atoms with Gasteiger partial charge in [-0.3, -0.25) is 4.90 Å². The molecule has 0 aliphatic carbocycles. The summed E-state index contributed by atoms with van der Waals surface area (Å²) < 4.78 is 5.76. The van der Waals surface area contributed by atoms with Crippen LogP contribution in [0.1, 0.15) is 25.7 Å². The van der Waals surface area contributed by atoms with Crippen molar-refractivity contribution in [2.24, 2.45) is 0 Å². The van der Waals surface area contributed by atoms with E-state index in [4.69, 9.17) is 10.5 Å². The van der Waals surface area contributed by atoms with E-state index in [0.29, 0.717) is 24.4 Å². The van der Waals surface area contributed by atoms with Gasteiger partial charge in [0.2, 0.25) is 0 Å². The zero-order valence-corrected chi connectivity index (χ0v) is 11.2. The van der Waals surface area contributed by atoms with E-state index in [2.05, 4.69) is 10.3 Å². The lowest BCUT2D eigenvalue weighted by atomic mass is 9.87. The van der Waals surface area contributed by atoms with Crippen molar-refractivity contribution in [3.63, 3.8) is 0 Å². The zero-order valence-electron chi connectivity index (χ0n) is 11.2. The molecule has 4 rings (SSSR count). The van der Waals surface area contributed by atoms with Gasteiger partial charge in [-0.05, 0) is 25.0 Å². The molecule has 106 valence electrons. The van der Waals surface area contributed by atoms with E-state index < -0.39 is 0 Å². The minimum absolute atomic E-state index is 0.266. The van der Waals surface area contributed by atoms with Crippen LogP contribution in [0, 0.1) is 0 Å². The first kappa shape index (κ1) is 12.0. The summed E-state index contributed by atoms with van der Waals surface area (Å²) in [5, 5.41) is 3.58. The smallest absolute Gasteiger partial charge is 0.415 e. The average molecular weight is 274 g/mol. The third-order valence-corrected chi connectivity index (χ3v) is 4.62. The quantitative estimate of drug-likeness (QED) is 0.806. The fourth-order valence-corrected chi connectivity index (χ4v) is 3.80. The minimum Gasteiger partial charge on any atom is -0.441 e. The number of hydrogen-bond acceptors (Lipinski definition) is 5. The number of ether oxygens (including phenoxy) is 1. The van der Waals surface area contributed by atoms with Gasteiger partial charge in [0.1, 0.15) is 11.4 Å². The summed E-state index contributed by atoms with van der Waals surface area (Å²) in [5.41, 5.74) is 6.02. The normalized spacial score (nSPS) is 35.6. The second-order valence-corrected chi connectivity index (χ2v) is 6.12. The zero-order chi connectivity index (χ0) is 13.7. The fourth-order valence-electron chi connectivity index (χ4n) is 3.80. The van der Waals surface area contributed by atoms with Crippen LogP contribution in [0.3, 0.4) is 0 Å². The largest absolute Gasteiger partial charge is 0.441 e. The number of rotatable bonds is 1. The van der Waals surface area contributed by atoms with E-state index in [-0.39, 0.29) is 11.7 Å². The summed E-state index contributed by atoms with van der Waals surface area (Å²) in [7, 11) is 0. The van der Waals surface area contributed by atoms with Gasteiger partial charge in [-0.15, -0.1) is 0 Å². The molecule has 2 bridgehead atoms. The molecule has 3 N–H and O–H groups in total. The van der Waals surface area contributed by atoms with E-state index in [1.165, 1.54) is 12.8 Å². The summed E-state index contributed by atoms with van der Waals surface area (Å²) >= 11 is 0. The number of pyridine rings is 1. The molecular formula is C14H18N4O2. The van der Waals surface area contributed by atoms with Crippen molar-refractivity contribution in [1.82, 2.24) is 10.3 Å². The molecule has 3 saturated heterocycles. The molecular weight excluding hydrogens is 256 g/mol. The van der Waals surface area contributed by atoms with E-state index in [1.807, 2.05) is 6.07 Å². The van der Waals surface area contributed by atoms with Crippen LogP contribution in [-0.2, 0) is 4.74 Å². The molecule has 1 amide bonds. The van der Waals surface area contributed by atoms with Crippen LogP contribution in [0.5, 0.6) is 0 Å². The van der Waals surface area contributed by atoms with Crippen molar-refractivity contribution in [2.45, 2.75) is 43.4 Å². The van der Waals surface area contributed by atoms with E-state index in [0.717, 1.165) is 18.5 Å². The second kappa shape index (κ2) is 4.09. The first-order chi connectivity index (χ1) is 9.63. The Balaban J connectivity index is 1.59. The molecule has 0 saturated carbocycles. The number of nitrogen functional groups attached to an aromatic ring is 1. The predicted octanol–water partition coefficient (Wildman–Crippen LogP) is 1.27. The average Bonchev–Trinajstić information content (AvgIpc) is 2.91. The van der Waals surface area contributed by atoms with Crippen LogP contribution in [0.4, 0.5) is 16.3 Å². The van der Waals surface area contributed by atoms with Crippen molar-refractivity contribution in [3.05, 3.63) is 18.3 Å². The summed E-state index contributed by atoms with van der Waals surface area (Å²) in [6, 6.07) is 4.51. The van der Waals surface area contributed by atoms with Gasteiger partial charge in [-0.25, -0.2) is 9.78 Å². The van der Waals surface area contributed by atoms with Gasteiger partial charge < -0.3 is 15.8 Å². The molecule has 1 aromatic rings. The number of amides is 1. The Bertz CT molecular complexity index is 533. The highest BCUT2D eigenvalue weighted by molar-refractivity contribution is 5.90. The molecule has 1 aromatic heterocycles. The Hall–Kier alpha value is -1.82. The van der Waals surface area contributed by atoms with Gasteiger partial charge >= 0.3 is 6.09 Å². The standard InChI is InChI=1S/C14H18N4O2/c15-12-4-3-11(7-16-12)18-8-14(20-13(18)19)5-9-1-2-10(6-14)17-9/h3-4,7,9-10,17H,1-2,5-6,8H2,(H2,15,16). The molecule has 20 heavy (non-hydrogen) atoms. The van der Waals surface area contributed by atoms with Crippen LogP contribution in [-0.4, -0.2) is 35.3 Å². The van der Waals surface area contributed by atoms with Crippen LogP contribution >= 0.6 is 0 Å². The third kappa shape index (κ3) is 1.83. The molecule has 0 aromatic carbocycles. The molecule has 3 fully saturated rings. The molecule has 3 aliphatic heterocycles. The molecule has 1 spiro atoms. The molecule has 2 unspecified atom stereocenters. The Morgan fingerprint density at radius 3 is 2.75 bits per heavy atom. The molecule has 3 aliphatic rings. The third-order valence-electron chi connectivity index (χ3n) is 4.62. The summed E-state index contributed by atoms with van der Waals surface area (Å²) in [6.07, 6.45) is 5.56. The van der Waals surface area contributed by atoms with Gasteiger partial charge in [0, 0.05) is 24.9 Å². The monoisotopic (exact) mass is 274 g/mol. The summed E-state index contributed by atoms with van der Waals surface area (Å²) in [5.74, 6) is 0.455. The number of carbonyl (C=O) groups excluding carboxylic acids is 1. The van der Waals surface area contributed by atoms with Crippen LogP contribution in [0.15, 0.2) is 18.3 Å². The van der Waals surface area contributed by atoms with Gasteiger partial charge in [0.25, 0.3) is 0 Å². The lowest BCUT2D eigenvalue weighted by molar-refractivity contribution is 0.0161. The Kier molecular flexibility index (Phi) is 2.44. The SMILES string of the molecule is Nc1ccc(N2CC3(CC4CCC(C3)N4)OC2=O)cn1. The molecule has 4 heterocycles. The summed E-state index contributed by atoms with van der Waals surface area (Å²) in [4.78, 5) is 17.9. The maximum Gasteiger partial charge on any atom is 0.415 e. The first-order valence-electron chi connectivity index (χ1n) is 7.12. The number of anilines is 2. The number of fused-ring (bicyclic) bond motifs is 2. The van der Waals surface area contributed by atoms with E-state index >= 15 is 0 Å². The molecule has 0 radical (unpaired) electrons. The van der Waals surface area contributed by atoms with Crippen molar-refractivity contribution in [1.29, 1.82) is 0 Å². The van der Waals surface area contributed by atoms with Gasteiger partial charge in [-0.1, -0.05) is 0 Å². The number of nitrogens with zero attached hydrogens (tertiary/aromatic N) is 2. The maximum atomic E-state index is 12.2. The Labute approximate surface area is 117 Å². The highest BCUT2D eigenvalue weighted by Crippen LogP contribution is 2.41. The number of nitrogens with one attached hydrogen (secondary N) is 1. The number of nitrogens with two attached hydrogens (primary N) is 1. The highest BCUT2D eigenvalue weighted by Gasteiger charge is 2.52. The maximum absolute atomic E-state index is 12.2. The molecule has 2 atom stereocenters. The number of carbonyl (C=O) groups is 1. The van der Waals surface area contributed by atoms with Crippen molar-refractivity contribution in [2.75, 3.05) is 17.2 Å². The van der Waals surface area contributed by atoms with Crippen molar-refractivity contribution in [3.8, 4) is 0 Å². The molecule has 6 heteroatoms. The topological polar surface area (TPSA) is 80.5 Å². The van der Waals surface area contributed by atoms with Gasteiger partial charge in [0.15, 0.2) is 0 Å². The lowest BCUT2D eigenvalue weighted by Crippen LogP contribution is -2.50. The van der Waals surface area contributed by atoms with Gasteiger partial charge in [0.05, 0.1) is 18.4 Å². The van der Waals surface area contributed by atoms with Crippen LogP contribution in [0.2, 0.25) is 0 Å². The van der Waals surface area contributed by atoms with Gasteiger partial charge in [-0.2, -0.15) is 0 Å². The minimum atomic E-state index is -0.324. The predicted molar refractivity (Wildman–Crippen MR) is 74.4 cm³/mol. The summed E-state index contributed by atoms with van der Waals surface area (Å²) in [6.45, 7) is 0.617. The van der Waals surface area contributed by atoms with Crippen molar-refractivity contribution < 1.29 is 9.53 Å². The Morgan fingerprint density at radius 2 is 2.10 bits per heavy atom. The number of piperidine rings is 1. The van der Waals surface area contributed by atoms with Crippen molar-refractivity contribution >= 4 is 17.6 Å². The first-order valence-corrected chi connectivity index (χ1v) is 7.12. The highest BCUT2D eigenvalue weighted by atomic mass is 16.6. The van der Waals surface area contributed by atoms with Crippen LogP contribution < -0.4 is 16.0 Å². The van der Waals surface area contributed by atoms with E-state index in [1.54, 1.807) is 17.2 Å². The Morgan fingerprint density at radius 1 is 1.35 bits per heavy atom. The second-order valence-electron chi connectivity index (χ2n) is 6.12. The van der Waals surface area contributed by atoms with Crippen LogP contribution in [0.25, 0.3) is 0 Å². The van der Waals surface area contributed by atoms with E-state index in [9.17, 15) is 4.79 Å².